The molecule has 1 aromatic heterocycles. The fourth-order valence-corrected chi connectivity index (χ4v) is 3.87. The SMILES string of the molecule is Fc1cnc(N2CC3(C2)OCCC3COCC2CCOCC2)nc1. The maximum atomic E-state index is 12.9. The Bertz CT molecular complexity index is 545. The van der Waals surface area contributed by atoms with Gasteiger partial charge in [0, 0.05) is 32.3 Å². The Balaban J connectivity index is 1.27. The van der Waals surface area contributed by atoms with E-state index in [0.29, 0.717) is 17.8 Å². The number of aromatic nitrogens is 2. The van der Waals surface area contributed by atoms with E-state index < -0.39 is 5.82 Å². The van der Waals surface area contributed by atoms with Crippen LogP contribution in [0.4, 0.5) is 10.3 Å². The van der Waals surface area contributed by atoms with Crippen LogP contribution < -0.4 is 4.90 Å². The minimum absolute atomic E-state index is 0.145. The Morgan fingerprint density at radius 3 is 2.62 bits per heavy atom. The van der Waals surface area contributed by atoms with Gasteiger partial charge in [-0.3, -0.25) is 0 Å². The monoisotopic (exact) mass is 337 g/mol. The van der Waals surface area contributed by atoms with Gasteiger partial charge in [-0.25, -0.2) is 14.4 Å². The van der Waals surface area contributed by atoms with Crippen LogP contribution >= 0.6 is 0 Å². The Morgan fingerprint density at radius 2 is 1.88 bits per heavy atom. The maximum Gasteiger partial charge on any atom is 0.225 e. The smallest absolute Gasteiger partial charge is 0.225 e. The summed E-state index contributed by atoms with van der Waals surface area (Å²) < 4.78 is 30.4. The van der Waals surface area contributed by atoms with Crippen molar-refractivity contribution in [1.29, 1.82) is 0 Å². The second kappa shape index (κ2) is 6.90. The number of hydrogen-bond donors (Lipinski definition) is 0. The van der Waals surface area contributed by atoms with E-state index in [2.05, 4.69) is 9.97 Å². The number of hydrogen-bond acceptors (Lipinski definition) is 6. The summed E-state index contributed by atoms with van der Waals surface area (Å²) in [6, 6.07) is 0. The molecule has 3 aliphatic heterocycles. The molecule has 3 fully saturated rings. The number of ether oxygens (including phenoxy) is 3. The number of nitrogens with zero attached hydrogens (tertiary/aromatic N) is 3. The predicted octanol–water partition coefficient (Wildman–Crippen LogP) is 1.65. The Hall–Kier alpha value is -1.31. The third kappa shape index (κ3) is 3.25. The molecule has 132 valence electrons. The van der Waals surface area contributed by atoms with Gasteiger partial charge < -0.3 is 19.1 Å². The molecule has 1 unspecified atom stereocenters. The van der Waals surface area contributed by atoms with E-state index in [1.165, 1.54) is 12.4 Å². The van der Waals surface area contributed by atoms with E-state index in [1.54, 1.807) is 0 Å². The molecule has 0 aromatic carbocycles. The van der Waals surface area contributed by atoms with E-state index in [-0.39, 0.29) is 5.60 Å². The van der Waals surface area contributed by atoms with E-state index in [1.807, 2.05) is 4.90 Å². The quantitative estimate of drug-likeness (QED) is 0.814. The van der Waals surface area contributed by atoms with Gasteiger partial charge >= 0.3 is 0 Å². The van der Waals surface area contributed by atoms with Crippen molar-refractivity contribution in [2.45, 2.75) is 24.9 Å². The summed E-state index contributed by atoms with van der Waals surface area (Å²) in [4.78, 5) is 10.1. The van der Waals surface area contributed by atoms with Crippen molar-refractivity contribution in [3.8, 4) is 0 Å². The first kappa shape index (κ1) is 16.2. The number of halogens is 1. The highest BCUT2D eigenvalue weighted by Crippen LogP contribution is 2.41. The molecule has 1 aromatic rings. The van der Waals surface area contributed by atoms with Gasteiger partial charge in [0.1, 0.15) is 5.60 Å². The van der Waals surface area contributed by atoms with Crippen LogP contribution in [0, 0.1) is 17.7 Å². The lowest BCUT2D eigenvalue weighted by Gasteiger charge is -2.50. The molecular formula is C17H24FN3O3. The van der Waals surface area contributed by atoms with Crippen molar-refractivity contribution in [2.24, 2.45) is 11.8 Å². The summed E-state index contributed by atoms with van der Waals surface area (Å²) in [5, 5.41) is 0. The Labute approximate surface area is 141 Å². The second-order valence-corrected chi connectivity index (χ2v) is 7.05. The molecular weight excluding hydrogens is 313 g/mol. The van der Waals surface area contributed by atoms with E-state index in [0.717, 1.165) is 65.4 Å². The van der Waals surface area contributed by atoms with E-state index in [4.69, 9.17) is 14.2 Å². The first-order chi connectivity index (χ1) is 11.8. The summed E-state index contributed by atoms with van der Waals surface area (Å²) in [6.07, 6.45) is 5.64. The molecule has 7 heteroatoms. The highest BCUT2D eigenvalue weighted by atomic mass is 19.1. The molecule has 0 saturated carbocycles. The van der Waals surface area contributed by atoms with Crippen LogP contribution in [0.1, 0.15) is 19.3 Å². The van der Waals surface area contributed by atoms with Gasteiger partial charge in [-0.15, -0.1) is 0 Å². The zero-order valence-corrected chi connectivity index (χ0v) is 13.8. The molecule has 4 rings (SSSR count). The van der Waals surface area contributed by atoms with Gasteiger partial charge in [-0.1, -0.05) is 0 Å². The number of rotatable bonds is 5. The molecule has 0 N–H and O–H groups in total. The van der Waals surface area contributed by atoms with E-state index in [9.17, 15) is 4.39 Å². The van der Waals surface area contributed by atoms with Crippen LogP contribution in [0.25, 0.3) is 0 Å². The molecule has 1 spiro atoms. The van der Waals surface area contributed by atoms with Gasteiger partial charge in [-0.05, 0) is 25.2 Å². The predicted molar refractivity (Wildman–Crippen MR) is 85.4 cm³/mol. The molecule has 0 aliphatic carbocycles. The molecule has 0 bridgehead atoms. The first-order valence-electron chi connectivity index (χ1n) is 8.77. The molecule has 0 amide bonds. The Morgan fingerprint density at radius 1 is 1.12 bits per heavy atom. The van der Waals surface area contributed by atoms with Gasteiger partial charge in [0.15, 0.2) is 5.82 Å². The van der Waals surface area contributed by atoms with Gasteiger partial charge in [-0.2, -0.15) is 0 Å². The summed E-state index contributed by atoms with van der Waals surface area (Å²) in [6.45, 7) is 5.57. The second-order valence-electron chi connectivity index (χ2n) is 7.05. The third-order valence-corrected chi connectivity index (χ3v) is 5.42. The maximum absolute atomic E-state index is 12.9. The fourth-order valence-electron chi connectivity index (χ4n) is 3.87. The van der Waals surface area contributed by atoms with Crippen LogP contribution in [0.2, 0.25) is 0 Å². The van der Waals surface area contributed by atoms with Crippen molar-refractivity contribution in [3.05, 3.63) is 18.2 Å². The average Bonchev–Trinajstić information content (AvgIpc) is 2.99. The average molecular weight is 337 g/mol. The van der Waals surface area contributed by atoms with E-state index >= 15 is 0 Å². The summed E-state index contributed by atoms with van der Waals surface area (Å²) in [7, 11) is 0. The van der Waals surface area contributed by atoms with Gasteiger partial charge in [0.05, 0.1) is 32.1 Å². The summed E-state index contributed by atoms with van der Waals surface area (Å²) in [5.74, 6) is 1.20. The third-order valence-electron chi connectivity index (χ3n) is 5.42. The highest BCUT2D eigenvalue weighted by molar-refractivity contribution is 5.38. The normalized spacial score (nSPS) is 26.7. The standard InChI is InChI=1S/C17H24FN3O3/c18-15-7-19-16(20-8-15)21-11-17(12-21)14(3-6-24-17)10-23-9-13-1-4-22-5-2-13/h7-8,13-14H,1-6,9-12H2. The molecule has 3 aliphatic rings. The largest absolute Gasteiger partial charge is 0.381 e. The van der Waals surface area contributed by atoms with Gasteiger partial charge in [0.25, 0.3) is 0 Å². The lowest BCUT2D eigenvalue weighted by molar-refractivity contribution is -0.0698. The molecule has 3 saturated heterocycles. The zero-order valence-electron chi connectivity index (χ0n) is 13.8. The van der Waals surface area contributed by atoms with Crippen LogP contribution in [-0.4, -0.2) is 61.7 Å². The van der Waals surface area contributed by atoms with Crippen LogP contribution in [-0.2, 0) is 14.2 Å². The fraction of sp³-hybridized carbons (Fsp3) is 0.765. The van der Waals surface area contributed by atoms with Crippen molar-refractivity contribution < 1.29 is 18.6 Å². The van der Waals surface area contributed by atoms with Gasteiger partial charge in [0.2, 0.25) is 5.95 Å². The van der Waals surface area contributed by atoms with Crippen molar-refractivity contribution in [1.82, 2.24) is 9.97 Å². The summed E-state index contributed by atoms with van der Waals surface area (Å²) >= 11 is 0. The lowest BCUT2D eigenvalue weighted by Crippen LogP contribution is -2.66. The minimum Gasteiger partial charge on any atom is -0.381 e. The zero-order chi connectivity index (χ0) is 16.4. The molecule has 1 atom stereocenters. The van der Waals surface area contributed by atoms with Crippen molar-refractivity contribution in [2.75, 3.05) is 51.0 Å². The molecule has 0 radical (unpaired) electrons. The highest BCUT2D eigenvalue weighted by Gasteiger charge is 2.53. The van der Waals surface area contributed by atoms with Crippen LogP contribution in [0.3, 0.4) is 0 Å². The van der Waals surface area contributed by atoms with Crippen molar-refractivity contribution in [3.63, 3.8) is 0 Å². The Kier molecular flexibility index (Phi) is 4.65. The number of anilines is 1. The van der Waals surface area contributed by atoms with Crippen molar-refractivity contribution >= 4 is 5.95 Å². The minimum atomic E-state index is -0.412. The first-order valence-corrected chi connectivity index (χ1v) is 8.77. The van der Waals surface area contributed by atoms with Crippen LogP contribution in [0.15, 0.2) is 12.4 Å². The summed E-state index contributed by atoms with van der Waals surface area (Å²) in [5.41, 5.74) is -0.145. The van der Waals surface area contributed by atoms with Crippen LogP contribution in [0.5, 0.6) is 0 Å². The topological polar surface area (TPSA) is 56.7 Å². The molecule has 24 heavy (non-hydrogen) atoms. The molecule has 4 heterocycles. The lowest BCUT2D eigenvalue weighted by atomic mass is 9.81. The molecule has 6 nitrogen and oxygen atoms in total.